The Morgan fingerprint density at radius 1 is 1.11 bits per heavy atom. The van der Waals surface area contributed by atoms with Crippen molar-refractivity contribution in [2.45, 2.75) is 25.5 Å². The number of hydrogen-bond donors (Lipinski definition) is 1. The molecule has 180 valence electrons. The van der Waals surface area contributed by atoms with Crippen LogP contribution in [-0.2, 0) is 11.3 Å². The van der Waals surface area contributed by atoms with E-state index in [1.54, 1.807) is 17.7 Å². The predicted molar refractivity (Wildman–Crippen MR) is 128 cm³/mol. The molecule has 8 nitrogen and oxygen atoms in total. The molecule has 2 aromatic carbocycles. The van der Waals surface area contributed by atoms with E-state index in [0.717, 1.165) is 36.3 Å². The maximum atomic E-state index is 14.2. The number of nitrogens with zero attached hydrogens (tertiary/aromatic N) is 4. The van der Waals surface area contributed by atoms with Gasteiger partial charge in [-0.25, -0.2) is 13.9 Å². The summed E-state index contributed by atoms with van der Waals surface area (Å²) in [6.07, 6.45) is 1.86. The van der Waals surface area contributed by atoms with Crippen LogP contribution < -0.4 is 14.4 Å². The summed E-state index contributed by atoms with van der Waals surface area (Å²) in [5.74, 6) is 1.74. The summed E-state index contributed by atoms with van der Waals surface area (Å²) in [5.41, 5.74) is 4.39. The second-order valence-electron chi connectivity index (χ2n) is 8.74. The van der Waals surface area contributed by atoms with E-state index in [1.165, 1.54) is 12.1 Å². The smallest absolute Gasteiger partial charge is 0.231 e. The molecule has 1 atom stereocenters. The molecule has 9 heteroatoms. The highest BCUT2D eigenvalue weighted by Crippen LogP contribution is 2.40. The summed E-state index contributed by atoms with van der Waals surface area (Å²) in [7, 11) is 1.62. The molecule has 0 aliphatic carbocycles. The lowest BCUT2D eigenvalue weighted by atomic mass is 10.0. The molecule has 1 fully saturated rings. The highest BCUT2D eigenvalue weighted by molar-refractivity contribution is 5.84. The number of ether oxygens (including phenoxy) is 3. The average molecular weight is 477 g/mol. The van der Waals surface area contributed by atoms with Crippen LogP contribution in [-0.4, -0.2) is 52.8 Å². The lowest BCUT2D eigenvalue weighted by Gasteiger charge is -2.25. The van der Waals surface area contributed by atoms with Crippen LogP contribution in [0.2, 0.25) is 0 Å². The van der Waals surface area contributed by atoms with Crippen molar-refractivity contribution < 1.29 is 23.7 Å². The first-order valence-corrected chi connectivity index (χ1v) is 11.6. The van der Waals surface area contributed by atoms with Gasteiger partial charge in [0, 0.05) is 25.3 Å². The van der Waals surface area contributed by atoms with Crippen LogP contribution >= 0.6 is 0 Å². The van der Waals surface area contributed by atoms with Gasteiger partial charge >= 0.3 is 0 Å². The Bertz CT molecular complexity index is 1410. The Kier molecular flexibility index (Phi) is 5.50. The molecule has 1 unspecified atom stereocenters. The van der Waals surface area contributed by atoms with Gasteiger partial charge < -0.3 is 24.2 Å². The van der Waals surface area contributed by atoms with Gasteiger partial charge in [-0.1, -0.05) is 18.2 Å². The van der Waals surface area contributed by atoms with Crippen LogP contribution in [0.1, 0.15) is 18.5 Å². The third-order valence-corrected chi connectivity index (χ3v) is 6.59. The normalized spacial score (nSPS) is 17.0. The molecule has 2 aliphatic rings. The van der Waals surface area contributed by atoms with Crippen LogP contribution in [0, 0.1) is 5.82 Å². The number of halogens is 1. The van der Waals surface area contributed by atoms with Gasteiger partial charge in [-0.2, -0.15) is 5.10 Å². The van der Waals surface area contributed by atoms with Crippen molar-refractivity contribution in [1.82, 2.24) is 14.6 Å². The molecule has 2 aliphatic heterocycles. The third-order valence-electron chi connectivity index (χ3n) is 6.59. The standard InChI is InChI=1S/C26H25FN4O4/c1-33-14-20-25(17-7-8-22-23(11-17)35-15-34-22)26-28-24(30-9-3-6-19(30)13-32)12-21(31(26)29-20)16-4-2-5-18(27)10-16/h2,4-5,7-8,10-12,19,32H,3,6,9,13-15H2,1H3. The Labute approximate surface area is 201 Å². The first-order chi connectivity index (χ1) is 17.2. The molecule has 4 aromatic rings. The van der Waals surface area contributed by atoms with E-state index >= 15 is 0 Å². The summed E-state index contributed by atoms with van der Waals surface area (Å²) < 4.78 is 32.6. The van der Waals surface area contributed by atoms with Crippen LogP contribution in [0.3, 0.4) is 0 Å². The summed E-state index contributed by atoms with van der Waals surface area (Å²) in [4.78, 5) is 7.15. The van der Waals surface area contributed by atoms with E-state index in [1.807, 2.05) is 30.3 Å². The van der Waals surface area contributed by atoms with Gasteiger partial charge in [-0.05, 0) is 42.7 Å². The van der Waals surface area contributed by atoms with Gasteiger partial charge in [-0.3, -0.25) is 0 Å². The van der Waals surface area contributed by atoms with Crippen molar-refractivity contribution in [2.24, 2.45) is 0 Å². The lowest BCUT2D eigenvalue weighted by molar-refractivity contribution is 0.174. The molecule has 0 bridgehead atoms. The van der Waals surface area contributed by atoms with Crippen molar-refractivity contribution in [3.8, 4) is 33.9 Å². The van der Waals surface area contributed by atoms with E-state index in [2.05, 4.69) is 4.90 Å². The van der Waals surface area contributed by atoms with E-state index in [-0.39, 0.29) is 31.9 Å². The zero-order valence-corrected chi connectivity index (χ0v) is 19.3. The molecule has 1 saturated heterocycles. The molecule has 0 amide bonds. The Balaban J connectivity index is 1.63. The van der Waals surface area contributed by atoms with Gasteiger partial charge in [0.25, 0.3) is 0 Å². The van der Waals surface area contributed by atoms with E-state index in [0.29, 0.717) is 34.1 Å². The molecule has 1 N–H and O–H groups in total. The van der Waals surface area contributed by atoms with E-state index in [4.69, 9.17) is 24.3 Å². The molecular weight excluding hydrogens is 451 g/mol. The summed E-state index contributed by atoms with van der Waals surface area (Å²) in [6, 6.07) is 14.1. The Hall–Kier alpha value is -3.69. The Morgan fingerprint density at radius 2 is 2.00 bits per heavy atom. The third kappa shape index (κ3) is 3.77. The van der Waals surface area contributed by atoms with Crippen LogP contribution in [0.15, 0.2) is 48.5 Å². The van der Waals surface area contributed by atoms with Gasteiger partial charge in [0.15, 0.2) is 17.1 Å². The van der Waals surface area contributed by atoms with Crippen molar-refractivity contribution in [3.63, 3.8) is 0 Å². The number of methoxy groups -OCH3 is 1. The van der Waals surface area contributed by atoms with Gasteiger partial charge in [-0.15, -0.1) is 0 Å². The summed E-state index contributed by atoms with van der Waals surface area (Å²) in [6.45, 7) is 1.29. The highest BCUT2D eigenvalue weighted by Gasteiger charge is 2.28. The van der Waals surface area contributed by atoms with Crippen LogP contribution in [0.4, 0.5) is 10.2 Å². The van der Waals surface area contributed by atoms with Crippen molar-refractivity contribution in [2.75, 3.05) is 32.0 Å². The number of aromatic nitrogens is 3. The first-order valence-electron chi connectivity index (χ1n) is 11.6. The molecule has 0 radical (unpaired) electrons. The second kappa shape index (κ2) is 8.83. The molecule has 4 heterocycles. The molecule has 0 spiro atoms. The maximum Gasteiger partial charge on any atom is 0.231 e. The number of hydrogen-bond acceptors (Lipinski definition) is 7. The number of aliphatic hydroxyl groups excluding tert-OH is 1. The molecular formula is C26H25FN4O4. The average Bonchev–Trinajstić information content (AvgIpc) is 3.61. The van der Waals surface area contributed by atoms with Crippen molar-refractivity contribution in [3.05, 3.63) is 60.0 Å². The minimum atomic E-state index is -0.330. The van der Waals surface area contributed by atoms with Crippen molar-refractivity contribution >= 4 is 11.5 Å². The number of benzene rings is 2. The topological polar surface area (TPSA) is 81.4 Å². The second-order valence-corrected chi connectivity index (χ2v) is 8.74. The minimum absolute atomic E-state index is 0.0133. The minimum Gasteiger partial charge on any atom is -0.454 e. The fourth-order valence-corrected chi connectivity index (χ4v) is 4.96. The molecule has 6 rings (SSSR count). The van der Waals surface area contributed by atoms with Crippen LogP contribution in [0.25, 0.3) is 28.0 Å². The molecule has 2 aromatic heterocycles. The quantitative estimate of drug-likeness (QED) is 0.450. The van der Waals surface area contributed by atoms with E-state index in [9.17, 15) is 9.50 Å². The van der Waals surface area contributed by atoms with Crippen LogP contribution in [0.5, 0.6) is 11.5 Å². The SMILES string of the molecule is COCc1nn2c(-c3cccc(F)c3)cc(N3CCCC3CO)nc2c1-c1ccc2c(c1)OCO2. The Morgan fingerprint density at radius 3 is 2.83 bits per heavy atom. The predicted octanol–water partition coefficient (Wildman–Crippen LogP) is 4.04. The maximum absolute atomic E-state index is 14.2. The lowest BCUT2D eigenvalue weighted by Crippen LogP contribution is -2.32. The zero-order valence-electron chi connectivity index (χ0n) is 19.3. The first kappa shape index (κ1) is 21.8. The number of anilines is 1. The largest absolute Gasteiger partial charge is 0.454 e. The monoisotopic (exact) mass is 476 g/mol. The molecule has 0 saturated carbocycles. The fraction of sp³-hybridized carbons (Fsp3) is 0.308. The number of aliphatic hydroxyl groups is 1. The van der Waals surface area contributed by atoms with Gasteiger partial charge in [0.1, 0.15) is 11.6 Å². The summed E-state index contributed by atoms with van der Waals surface area (Å²) in [5, 5.41) is 14.8. The van der Waals surface area contributed by atoms with E-state index < -0.39 is 0 Å². The number of fused-ring (bicyclic) bond motifs is 2. The van der Waals surface area contributed by atoms with Crippen molar-refractivity contribution in [1.29, 1.82) is 0 Å². The zero-order chi connectivity index (χ0) is 23.9. The highest BCUT2D eigenvalue weighted by atomic mass is 19.1. The summed E-state index contributed by atoms with van der Waals surface area (Å²) >= 11 is 0. The van der Waals surface area contributed by atoms with Gasteiger partial charge in [0.2, 0.25) is 6.79 Å². The molecule has 35 heavy (non-hydrogen) atoms. The van der Waals surface area contributed by atoms with Gasteiger partial charge in [0.05, 0.1) is 36.2 Å². The fourth-order valence-electron chi connectivity index (χ4n) is 4.96. The number of rotatable bonds is 6.